The van der Waals surface area contributed by atoms with E-state index in [-0.39, 0.29) is 0 Å². The van der Waals surface area contributed by atoms with E-state index in [1.807, 2.05) is 11.7 Å². The summed E-state index contributed by atoms with van der Waals surface area (Å²) in [4.78, 5) is 0. The van der Waals surface area contributed by atoms with Crippen LogP contribution in [-0.4, -0.2) is 22.9 Å². The average molecular weight is 257 g/mol. The molecule has 19 heavy (non-hydrogen) atoms. The Morgan fingerprint density at radius 2 is 2.16 bits per heavy atom. The molecule has 0 radical (unpaired) electrons. The molecule has 1 unspecified atom stereocenters. The van der Waals surface area contributed by atoms with Gasteiger partial charge in [0.2, 0.25) is 0 Å². The van der Waals surface area contributed by atoms with Crippen molar-refractivity contribution in [2.24, 2.45) is 13.0 Å². The van der Waals surface area contributed by atoms with Crippen LogP contribution in [0, 0.1) is 5.92 Å². The molecule has 3 rings (SSSR count). The standard InChI is InChI=1S/C16H23N3/c1-17-14(12-10-11-12)7-5-8-15-13-6-3-4-9-16(13)19(2)18-15/h3-4,6,9,12,14,17H,5,7-8,10-11H2,1-2H3. The zero-order valence-electron chi connectivity index (χ0n) is 11.9. The van der Waals surface area contributed by atoms with Crippen molar-refractivity contribution in [2.45, 2.75) is 38.1 Å². The van der Waals surface area contributed by atoms with E-state index in [0.29, 0.717) is 0 Å². The normalized spacial score (nSPS) is 16.9. The van der Waals surface area contributed by atoms with Crippen LogP contribution in [0.15, 0.2) is 24.3 Å². The largest absolute Gasteiger partial charge is 0.317 e. The van der Waals surface area contributed by atoms with Gasteiger partial charge in [-0.2, -0.15) is 5.10 Å². The minimum absolute atomic E-state index is 0.718. The molecule has 1 aliphatic rings. The van der Waals surface area contributed by atoms with Crippen LogP contribution < -0.4 is 5.32 Å². The summed E-state index contributed by atoms with van der Waals surface area (Å²) in [7, 11) is 4.13. The highest BCUT2D eigenvalue weighted by atomic mass is 15.3. The second-order valence-electron chi connectivity index (χ2n) is 5.71. The minimum atomic E-state index is 0.718. The maximum atomic E-state index is 4.67. The Hall–Kier alpha value is -1.35. The molecule has 3 nitrogen and oxygen atoms in total. The first-order valence-corrected chi connectivity index (χ1v) is 7.37. The highest BCUT2D eigenvalue weighted by Gasteiger charge is 2.29. The Morgan fingerprint density at radius 1 is 1.37 bits per heavy atom. The smallest absolute Gasteiger partial charge is 0.0703 e. The number of aryl methyl sites for hydroxylation is 2. The number of nitrogens with zero attached hydrogens (tertiary/aromatic N) is 2. The van der Waals surface area contributed by atoms with Crippen molar-refractivity contribution >= 4 is 10.9 Å². The first-order chi connectivity index (χ1) is 9.29. The number of para-hydroxylation sites is 1. The van der Waals surface area contributed by atoms with Crippen LogP contribution in [0.25, 0.3) is 10.9 Å². The SMILES string of the molecule is CNC(CCCc1nn(C)c2ccccc12)C1CC1. The van der Waals surface area contributed by atoms with E-state index in [9.17, 15) is 0 Å². The minimum Gasteiger partial charge on any atom is -0.317 e. The van der Waals surface area contributed by atoms with Gasteiger partial charge < -0.3 is 5.32 Å². The summed E-state index contributed by atoms with van der Waals surface area (Å²) in [6.45, 7) is 0. The first kappa shape index (κ1) is 12.7. The van der Waals surface area contributed by atoms with E-state index in [2.05, 4.69) is 41.7 Å². The molecular formula is C16H23N3. The van der Waals surface area contributed by atoms with Crippen LogP contribution in [0.1, 0.15) is 31.4 Å². The number of aromatic nitrogens is 2. The molecule has 0 aliphatic heterocycles. The summed E-state index contributed by atoms with van der Waals surface area (Å²) in [6.07, 6.45) is 6.41. The topological polar surface area (TPSA) is 29.9 Å². The summed E-state index contributed by atoms with van der Waals surface area (Å²) in [5.74, 6) is 0.936. The number of hydrogen-bond acceptors (Lipinski definition) is 2. The first-order valence-electron chi connectivity index (χ1n) is 7.37. The van der Waals surface area contributed by atoms with Crippen LogP contribution >= 0.6 is 0 Å². The van der Waals surface area contributed by atoms with Gasteiger partial charge in [0.25, 0.3) is 0 Å². The van der Waals surface area contributed by atoms with Gasteiger partial charge in [-0.1, -0.05) is 18.2 Å². The van der Waals surface area contributed by atoms with Gasteiger partial charge >= 0.3 is 0 Å². The fourth-order valence-corrected chi connectivity index (χ4v) is 3.08. The Morgan fingerprint density at radius 3 is 2.89 bits per heavy atom. The van der Waals surface area contributed by atoms with Crippen LogP contribution in [0.4, 0.5) is 0 Å². The average Bonchev–Trinajstić information content (AvgIpc) is 3.22. The highest BCUT2D eigenvalue weighted by molar-refractivity contribution is 5.81. The Bertz CT molecular complexity index is 554. The number of rotatable bonds is 6. The fraction of sp³-hybridized carbons (Fsp3) is 0.562. The van der Waals surface area contributed by atoms with E-state index in [1.54, 1.807) is 0 Å². The van der Waals surface area contributed by atoms with Crippen LogP contribution in [0.2, 0.25) is 0 Å². The lowest BCUT2D eigenvalue weighted by Crippen LogP contribution is -2.27. The molecule has 1 aliphatic carbocycles. The molecule has 1 heterocycles. The third-order valence-electron chi connectivity index (χ3n) is 4.32. The van der Waals surface area contributed by atoms with Gasteiger partial charge in [0, 0.05) is 18.5 Å². The molecule has 0 saturated heterocycles. The van der Waals surface area contributed by atoms with E-state index >= 15 is 0 Å². The summed E-state index contributed by atoms with van der Waals surface area (Å²) in [5.41, 5.74) is 2.49. The number of fused-ring (bicyclic) bond motifs is 1. The van der Waals surface area contributed by atoms with Crippen molar-refractivity contribution in [1.82, 2.24) is 15.1 Å². The number of nitrogens with one attached hydrogen (secondary N) is 1. The molecule has 0 bridgehead atoms. The molecule has 0 amide bonds. The molecule has 1 saturated carbocycles. The quantitative estimate of drug-likeness (QED) is 0.862. The van der Waals surface area contributed by atoms with Gasteiger partial charge in [0.1, 0.15) is 0 Å². The van der Waals surface area contributed by atoms with E-state index < -0.39 is 0 Å². The molecule has 2 aromatic rings. The molecule has 0 spiro atoms. The van der Waals surface area contributed by atoms with Gasteiger partial charge in [0.15, 0.2) is 0 Å². The van der Waals surface area contributed by atoms with Crippen molar-refractivity contribution in [3.63, 3.8) is 0 Å². The number of benzene rings is 1. The Labute approximate surface area is 115 Å². The molecule has 1 N–H and O–H groups in total. The lowest BCUT2D eigenvalue weighted by molar-refractivity contribution is 0.455. The predicted molar refractivity (Wildman–Crippen MR) is 79.2 cm³/mol. The van der Waals surface area contributed by atoms with Crippen LogP contribution in [0.5, 0.6) is 0 Å². The maximum Gasteiger partial charge on any atom is 0.0703 e. The van der Waals surface area contributed by atoms with Crippen molar-refractivity contribution in [3.8, 4) is 0 Å². The van der Waals surface area contributed by atoms with E-state index in [4.69, 9.17) is 0 Å². The molecular weight excluding hydrogens is 234 g/mol. The Balaban J connectivity index is 1.65. The van der Waals surface area contributed by atoms with Gasteiger partial charge in [-0.25, -0.2) is 0 Å². The van der Waals surface area contributed by atoms with E-state index in [0.717, 1.165) is 18.4 Å². The summed E-state index contributed by atoms with van der Waals surface area (Å²) < 4.78 is 2.00. The third-order valence-corrected chi connectivity index (χ3v) is 4.32. The molecule has 1 atom stereocenters. The van der Waals surface area contributed by atoms with Crippen LogP contribution in [-0.2, 0) is 13.5 Å². The zero-order valence-corrected chi connectivity index (χ0v) is 11.9. The Kier molecular flexibility index (Phi) is 3.56. The summed E-state index contributed by atoms with van der Waals surface area (Å²) in [5, 5.41) is 9.45. The second-order valence-corrected chi connectivity index (χ2v) is 5.71. The van der Waals surface area contributed by atoms with Gasteiger partial charge in [-0.05, 0) is 51.1 Å². The monoisotopic (exact) mass is 257 g/mol. The summed E-state index contributed by atoms with van der Waals surface area (Å²) in [6, 6.07) is 9.24. The van der Waals surface area contributed by atoms with Crippen molar-refractivity contribution in [3.05, 3.63) is 30.0 Å². The van der Waals surface area contributed by atoms with Gasteiger partial charge in [-0.3, -0.25) is 4.68 Å². The highest BCUT2D eigenvalue weighted by Crippen LogP contribution is 2.34. The van der Waals surface area contributed by atoms with Crippen molar-refractivity contribution in [1.29, 1.82) is 0 Å². The molecule has 1 fully saturated rings. The van der Waals surface area contributed by atoms with Gasteiger partial charge in [0.05, 0.1) is 11.2 Å². The number of hydrogen-bond donors (Lipinski definition) is 1. The van der Waals surface area contributed by atoms with Crippen molar-refractivity contribution < 1.29 is 0 Å². The second kappa shape index (κ2) is 5.33. The molecule has 3 heteroatoms. The molecule has 1 aromatic carbocycles. The molecule has 102 valence electrons. The fourth-order valence-electron chi connectivity index (χ4n) is 3.08. The molecule has 1 aromatic heterocycles. The lowest BCUT2D eigenvalue weighted by Gasteiger charge is -2.14. The van der Waals surface area contributed by atoms with E-state index in [1.165, 1.54) is 42.3 Å². The summed E-state index contributed by atoms with van der Waals surface area (Å²) >= 11 is 0. The van der Waals surface area contributed by atoms with Gasteiger partial charge in [-0.15, -0.1) is 0 Å². The lowest BCUT2D eigenvalue weighted by atomic mass is 10.0. The third kappa shape index (κ3) is 2.66. The predicted octanol–water partition coefficient (Wildman–Crippen LogP) is 2.89. The van der Waals surface area contributed by atoms with Crippen molar-refractivity contribution in [2.75, 3.05) is 7.05 Å². The zero-order chi connectivity index (χ0) is 13.2. The van der Waals surface area contributed by atoms with Crippen LogP contribution in [0.3, 0.4) is 0 Å². The maximum absolute atomic E-state index is 4.67.